The predicted octanol–water partition coefficient (Wildman–Crippen LogP) is 1.93. The van der Waals surface area contributed by atoms with Crippen LogP contribution in [0.5, 0.6) is 0 Å². The minimum absolute atomic E-state index is 0.451. The number of rotatable bonds is 3. The lowest BCUT2D eigenvalue weighted by Crippen LogP contribution is -2.18. The topological polar surface area (TPSA) is 39.9 Å². The van der Waals surface area contributed by atoms with Gasteiger partial charge in [-0.2, -0.15) is 0 Å². The Hall–Kier alpha value is -0.610. The van der Waals surface area contributed by atoms with E-state index in [4.69, 9.17) is 16.3 Å². The number of hydrogen-bond acceptors (Lipinski definition) is 3. The molecule has 4 nitrogen and oxygen atoms in total. The minimum atomic E-state index is 0.451. The first kappa shape index (κ1) is 10.9. The van der Waals surface area contributed by atoms with E-state index in [1.807, 2.05) is 4.68 Å². The van der Waals surface area contributed by atoms with Gasteiger partial charge in [-0.3, -0.25) is 0 Å². The molecular formula is C10H16ClN3O. The van der Waals surface area contributed by atoms with Crippen LogP contribution in [0.3, 0.4) is 0 Å². The van der Waals surface area contributed by atoms with Crippen LogP contribution in [0, 0.1) is 0 Å². The Bertz CT molecular complexity index is 299. The van der Waals surface area contributed by atoms with Gasteiger partial charge in [0.25, 0.3) is 0 Å². The third kappa shape index (κ3) is 2.16. The molecule has 1 saturated heterocycles. The van der Waals surface area contributed by atoms with Gasteiger partial charge in [-0.1, -0.05) is 5.21 Å². The molecule has 2 rings (SSSR count). The quantitative estimate of drug-likeness (QED) is 0.744. The summed E-state index contributed by atoms with van der Waals surface area (Å²) < 4.78 is 7.33. The summed E-state index contributed by atoms with van der Waals surface area (Å²) in [5, 5.41) is 8.24. The highest BCUT2D eigenvalue weighted by Crippen LogP contribution is 2.29. The summed E-state index contributed by atoms with van der Waals surface area (Å²) in [6.45, 7) is 4.61. The van der Waals surface area contributed by atoms with E-state index in [1.165, 1.54) is 5.69 Å². The molecule has 84 valence electrons. The molecule has 1 aliphatic rings. The first-order valence-electron chi connectivity index (χ1n) is 5.42. The Labute approximate surface area is 94.6 Å². The van der Waals surface area contributed by atoms with E-state index in [0.717, 1.165) is 38.3 Å². The van der Waals surface area contributed by atoms with Gasteiger partial charge in [0, 0.05) is 25.7 Å². The summed E-state index contributed by atoms with van der Waals surface area (Å²) in [6, 6.07) is 0. The van der Waals surface area contributed by atoms with Crippen LogP contribution >= 0.6 is 11.6 Å². The van der Waals surface area contributed by atoms with E-state index >= 15 is 0 Å². The molecular weight excluding hydrogens is 214 g/mol. The van der Waals surface area contributed by atoms with Crippen molar-refractivity contribution in [1.29, 1.82) is 0 Å². The van der Waals surface area contributed by atoms with Gasteiger partial charge in [0.1, 0.15) is 5.69 Å². The van der Waals surface area contributed by atoms with Gasteiger partial charge in [-0.15, -0.1) is 16.7 Å². The Balaban J connectivity index is 2.26. The van der Waals surface area contributed by atoms with Crippen LogP contribution in [0.4, 0.5) is 0 Å². The normalized spacial score (nSPS) is 18.3. The van der Waals surface area contributed by atoms with Crippen LogP contribution in [0.1, 0.15) is 37.1 Å². The maximum absolute atomic E-state index is 5.87. The van der Waals surface area contributed by atoms with Gasteiger partial charge >= 0.3 is 0 Å². The van der Waals surface area contributed by atoms with Crippen LogP contribution in [-0.4, -0.2) is 28.2 Å². The largest absolute Gasteiger partial charge is 0.381 e. The number of aryl methyl sites for hydroxylation is 1. The van der Waals surface area contributed by atoms with Gasteiger partial charge in [0.05, 0.1) is 11.6 Å². The Morgan fingerprint density at radius 1 is 1.47 bits per heavy atom. The molecule has 0 bridgehead atoms. The highest BCUT2D eigenvalue weighted by Gasteiger charge is 2.23. The maximum atomic E-state index is 5.87. The van der Waals surface area contributed by atoms with Gasteiger partial charge in [-0.05, 0) is 19.8 Å². The highest BCUT2D eigenvalue weighted by atomic mass is 35.5. The number of aromatic nitrogens is 3. The summed E-state index contributed by atoms with van der Waals surface area (Å²) in [4.78, 5) is 0. The molecule has 1 aliphatic heterocycles. The number of nitrogens with zero attached hydrogens (tertiary/aromatic N) is 3. The minimum Gasteiger partial charge on any atom is -0.381 e. The summed E-state index contributed by atoms with van der Waals surface area (Å²) in [7, 11) is 0. The number of hydrogen-bond donors (Lipinski definition) is 0. The van der Waals surface area contributed by atoms with Crippen molar-refractivity contribution in [3.05, 3.63) is 11.4 Å². The summed E-state index contributed by atoms with van der Waals surface area (Å²) in [5.74, 6) is 0.967. The van der Waals surface area contributed by atoms with E-state index < -0.39 is 0 Å². The second-order valence-corrected chi connectivity index (χ2v) is 4.02. The molecule has 5 heteroatoms. The van der Waals surface area contributed by atoms with Gasteiger partial charge < -0.3 is 4.74 Å². The molecule has 2 heterocycles. The van der Waals surface area contributed by atoms with Crippen LogP contribution in [0.25, 0.3) is 0 Å². The molecule has 0 aromatic carbocycles. The number of halogens is 1. The van der Waals surface area contributed by atoms with Crippen LogP contribution in [0.15, 0.2) is 0 Å². The SMILES string of the molecule is CCn1nnc(CCl)c1C1CCOCC1. The monoisotopic (exact) mass is 229 g/mol. The predicted molar refractivity (Wildman–Crippen MR) is 58.0 cm³/mol. The second kappa shape index (κ2) is 4.94. The first-order valence-corrected chi connectivity index (χ1v) is 5.96. The first-order chi connectivity index (χ1) is 7.36. The fourth-order valence-electron chi connectivity index (χ4n) is 2.10. The molecule has 0 spiro atoms. The lowest BCUT2D eigenvalue weighted by molar-refractivity contribution is 0.0834. The zero-order valence-corrected chi connectivity index (χ0v) is 9.70. The van der Waals surface area contributed by atoms with Gasteiger partial charge in [-0.25, -0.2) is 4.68 Å². The smallest absolute Gasteiger partial charge is 0.101 e. The average Bonchev–Trinajstić information content (AvgIpc) is 2.72. The molecule has 0 unspecified atom stereocenters. The lowest BCUT2D eigenvalue weighted by atomic mass is 9.95. The van der Waals surface area contributed by atoms with Gasteiger partial charge in [0.2, 0.25) is 0 Å². The van der Waals surface area contributed by atoms with Crippen molar-refractivity contribution in [2.45, 2.75) is 38.1 Å². The summed E-state index contributed by atoms with van der Waals surface area (Å²) in [6.07, 6.45) is 2.11. The van der Waals surface area contributed by atoms with Crippen LogP contribution in [0.2, 0.25) is 0 Å². The van der Waals surface area contributed by atoms with Crippen LogP contribution < -0.4 is 0 Å². The second-order valence-electron chi connectivity index (χ2n) is 3.76. The molecule has 0 atom stereocenters. The fraction of sp³-hybridized carbons (Fsp3) is 0.800. The van der Waals surface area contributed by atoms with Gasteiger partial charge in [0.15, 0.2) is 0 Å². The number of ether oxygens (including phenoxy) is 1. The third-order valence-corrected chi connectivity index (χ3v) is 3.13. The lowest BCUT2D eigenvalue weighted by Gasteiger charge is -2.22. The number of alkyl halides is 1. The molecule has 0 aliphatic carbocycles. The van der Waals surface area contributed by atoms with Crippen molar-refractivity contribution in [2.24, 2.45) is 0 Å². The van der Waals surface area contributed by atoms with E-state index in [0.29, 0.717) is 11.8 Å². The van der Waals surface area contributed by atoms with Crippen molar-refractivity contribution in [3.8, 4) is 0 Å². The Morgan fingerprint density at radius 3 is 2.80 bits per heavy atom. The molecule has 0 N–H and O–H groups in total. The third-order valence-electron chi connectivity index (χ3n) is 2.88. The molecule has 1 aromatic rings. The molecule has 0 amide bonds. The Kier molecular flexibility index (Phi) is 3.59. The zero-order valence-electron chi connectivity index (χ0n) is 8.95. The van der Waals surface area contributed by atoms with Crippen LogP contribution in [-0.2, 0) is 17.2 Å². The molecule has 0 saturated carbocycles. The summed E-state index contributed by atoms with van der Waals surface area (Å²) >= 11 is 5.87. The maximum Gasteiger partial charge on any atom is 0.101 e. The van der Waals surface area contributed by atoms with Crippen molar-refractivity contribution in [1.82, 2.24) is 15.0 Å². The summed E-state index contributed by atoms with van der Waals surface area (Å²) in [5.41, 5.74) is 2.15. The van der Waals surface area contributed by atoms with Crippen molar-refractivity contribution in [2.75, 3.05) is 13.2 Å². The van der Waals surface area contributed by atoms with E-state index in [2.05, 4.69) is 17.2 Å². The Morgan fingerprint density at radius 2 is 2.20 bits per heavy atom. The standard InChI is InChI=1S/C10H16ClN3O/c1-2-14-10(9(7-11)12-13-14)8-3-5-15-6-4-8/h8H,2-7H2,1H3. The van der Waals surface area contributed by atoms with E-state index in [-0.39, 0.29) is 0 Å². The molecule has 1 aromatic heterocycles. The van der Waals surface area contributed by atoms with Crippen molar-refractivity contribution in [3.63, 3.8) is 0 Å². The molecule has 1 fully saturated rings. The zero-order chi connectivity index (χ0) is 10.7. The highest BCUT2D eigenvalue weighted by molar-refractivity contribution is 6.16. The van der Waals surface area contributed by atoms with Crippen molar-refractivity contribution >= 4 is 11.6 Å². The fourth-order valence-corrected chi connectivity index (χ4v) is 2.29. The molecule has 0 radical (unpaired) electrons. The van der Waals surface area contributed by atoms with Crippen molar-refractivity contribution < 1.29 is 4.74 Å². The molecule has 15 heavy (non-hydrogen) atoms. The van der Waals surface area contributed by atoms with E-state index in [9.17, 15) is 0 Å². The van der Waals surface area contributed by atoms with E-state index in [1.54, 1.807) is 0 Å². The average molecular weight is 230 g/mol.